The summed E-state index contributed by atoms with van der Waals surface area (Å²) in [5.41, 5.74) is 2.69. The SMILES string of the molecule is CC(C=O)SCc1cc(CSC(C)C=O)c(O)c(C(C)(C)C)c1. The summed E-state index contributed by atoms with van der Waals surface area (Å²) in [7, 11) is 0. The van der Waals surface area contributed by atoms with Gasteiger partial charge in [0.1, 0.15) is 18.3 Å². The molecule has 0 fully saturated rings. The summed E-state index contributed by atoms with van der Waals surface area (Å²) in [5.74, 6) is 1.64. The van der Waals surface area contributed by atoms with Gasteiger partial charge in [-0.2, -0.15) is 0 Å². The van der Waals surface area contributed by atoms with Crippen LogP contribution in [0.2, 0.25) is 0 Å². The van der Waals surface area contributed by atoms with Crippen LogP contribution >= 0.6 is 23.5 Å². The Bertz CT molecular complexity index is 550. The van der Waals surface area contributed by atoms with E-state index in [1.165, 1.54) is 11.8 Å². The number of aldehydes is 2. The Labute approximate surface area is 147 Å². The van der Waals surface area contributed by atoms with Crippen molar-refractivity contribution >= 4 is 36.1 Å². The molecule has 2 atom stereocenters. The highest BCUT2D eigenvalue weighted by atomic mass is 32.2. The summed E-state index contributed by atoms with van der Waals surface area (Å²) in [6, 6.07) is 4.01. The second kappa shape index (κ2) is 8.78. The molecule has 0 heterocycles. The average molecular weight is 355 g/mol. The van der Waals surface area contributed by atoms with Gasteiger partial charge < -0.3 is 14.7 Å². The molecule has 23 heavy (non-hydrogen) atoms. The number of phenolic OH excluding ortho intramolecular Hbond substituents is 1. The van der Waals surface area contributed by atoms with E-state index in [2.05, 4.69) is 20.8 Å². The first-order chi connectivity index (χ1) is 10.7. The molecule has 5 heteroatoms. The average Bonchev–Trinajstić information content (AvgIpc) is 2.50. The quantitative estimate of drug-likeness (QED) is 0.704. The zero-order valence-corrected chi connectivity index (χ0v) is 16.1. The minimum atomic E-state index is -0.170. The van der Waals surface area contributed by atoms with Crippen molar-refractivity contribution in [1.82, 2.24) is 0 Å². The number of carbonyl (C=O) groups is 2. The van der Waals surface area contributed by atoms with Crippen molar-refractivity contribution in [2.24, 2.45) is 0 Å². The van der Waals surface area contributed by atoms with Crippen molar-refractivity contribution in [2.75, 3.05) is 0 Å². The third kappa shape index (κ3) is 6.22. The highest BCUT2D eigenvalue weighted by molar-refractivity contribution is 8.00. The van der Waals surface area contributed by atoms with Gasteiger partial charge in [0, 0.05) is 17.1 Å². The van der Waals surface area contributed by atoms with Crippen LogP contribution in [-0.4, -0.2) is 28.2 Å². The van der Waals surface area contributed by atoms with Gasteiger partial charge in [-0.3, -0.25) is 0 Å². The van der Waals surface area contributed by atoms with Gasteiger partial charge in [0.15, 0.2) is 0 Å². The van der Waals surface area contributed by atoms with Crippen molar-refractivity contribution in [2.45, 2.75) is 62.0 Å². The standard InChI is InChI=1S/C18H26O3S2/c1-12(8-19)22-10-14-6-15(11-23-13(2)9-20)17(21)16(7-14)18(3,4)5/h6-9,12-13,21H,10-11H2,1-5H3. The lowest BCUT2D eigenvalue weighted by atomic mass is 9.84. The molecular formula is C18H26O3S2. The van der Waals surface area contributed by atoms with Gasteiger partial charge in [-0.05, 0) is 30.4 Å². The number of benzene rings is 1. The third-order valence-electron chi connectivity index (χ3n) is 3.45. The first-order valence-electron chi connectivity index (χ1n) is 7.68. The fourth-order valence-electron chi connectivity index (χ4n) is 2.05. The minimum Gasteiger partial charge on any atom is -0.507 e. The lowest BCUT2D eigenvalue weighted by molar-refractivity contribution is -0.107. The number of thioether (sulfide) groups is 2. The molecule has 0 aliphatic heterocycles. The Morgan fingerprint density at radius 1 is 1.04 bits per heavy atom. The summed E-state index contributed by atoms with van der Waals surface area (Å²) < 4.78 is 0. The largest absolute Gasteiger partial charge is 0.507 e. The molecule has 3 nitrogen and oxygen atoms in total. The molecule has 0 saturated heterocycles. The fourth-order valence-corrected chi connectivity index (χ4v) is 3.49. The molecule has 1 aromatic rings. The van der Waals surface area contributed by atoms with E-state index in [0.29, 0.717) is 11.5 Å². The monoisotopic (exact) mass is 354 g/mol. The lowest BCUT2D eigenvalue weighted by Crippen LogP contribution is -2.13. The summed E-state index contributed by atoms with van der Waals surface area (Å²) in [4.78, 5) is 21.6. The van der Waals surface area contributed by atoms with Crippen molar-refractivity contribution in [1.29, 1.82) is 0 Å². The zero-order valence-electron chi connectivity index (χ0n) is 14.5. The number of hydrogen-bond acceptors (Lipinski definition) is 5. The van der Waals surface area contributed by atoms with Crippen LogP contribution in [-0.2, 0) is 26.5 Å². The number of carbonyl (C=O) groups excluding carboxylic acids is 2. The van der Waals surface area contributed by atoms with Crippen LogP contribution < -0.4 is 0 Å². The third-order valence-corrected chi connectivity index (χ3v) is 5.71. The Morgan fingerprint density at radius 3 is 2.04 bits per heavy atom. The van der Waals surface area contributed by atoms with E-state index in [4.69, 9.17) is 0 Å². The molecular weight excluding hydrogens is 328 g/mol. The molecule has 1 rings (SSSR count). The van der Waals surface area contributed by atoms with Crippen LogP contribution in [0.1, 0.15) is 51.3 Å². The predicted molar refractivity (Wildman–Crippen MR) is 100 cm³/mol. The van der Waals surface area contributed by atoms with Gasteiger partial charge in [0.05, 0.1) is 10.5 Å². The van der Waals surface area contributed by atoms with Crippen LogP contribution in [0.4, 0.5) is 0 Å². The number of aromatic hydroxyl groups is 1. The molecule has 1 aromatic carbocycles. The van der Waals surface area contributed by atoms with Crippen LogP contribution in [0, 0.1) is 0 Å². The maximum atomic E-state index is 10.8. The first-order valence-corrected chi connectivity index (χ1v) is 9.77. The summed E-state index contributed by atoms with van der Waals surface area (Å²) in [6.07, 6.45) is 1.86. The molecule has 128 valence electrons. The van der Waals surface area contributed by atoms with E-state index < -0.39 is 0 Å². The Morgan fingerprint density at radius 2 is 1.57 bits per heavy atom. The Balaban J connectivity index is 3.11. The Hall–Kier alpha value is -0.940. The van der Waals surface area contributed by atoms with E-state index >= 15 is 0 Å². The number of phenols is 1. The van der Waals surface area contributed by atoms with Crippen LogP contribution in [0.15, 0.2) is 12.1 Å². The van der Waals surface area contributed by atoms with Gasteiger partial charge in [-0.1, -0.05) is 32.9 Å². The zero-order chi connectivity index (χ0) is 17.6. The maximum Gasteiger partial charge on any atom is 0.132 e. The van der Waals surface area contributed by atoms with Gasteiger partial charge in [0.25, 0.3) is 0 Å². The molecule has 0 radical (unpaired) electrons. The summed E-state index contributed by atoms with van der Waals surface area (Å²) in [6.45, 7) is 9.93. The van der Waals surface area contributed by atoms with E-state index in [0.717, 1.165) is 35.0 Å². The second-order valence-electron chi connectivity index (χ2n) is 6.71. The predicted octanol–water partition coefficient (Wildman–Crippen LogP) is 4.33. The number of hydrogen-bond donors (Lipinski definition) is 1. The maximum absolute atomic E-state index is 10.8. The number of rotatable bonds is 8. The molecule has 1 N–H and O–H groups in total. The second-order valence-corrected chi connectivity index (χ2v) is 9.44. The molecule has 0 amide bonds. The molecule has 0 bridgehead atoms. The van der Waals surface area contributed by atoms with Crippen molar-refractivity contribution in [3.8, 4) is 5.75 Å². The van der Waals surface area contributed by atoms with Gasteiger partial charge in [-0.15, -0.1) is 23.5 Å². The molecule has 0 saturated carbocycles. The molecule has 0 spiro atoms. The van der Waals surface area contributed by atoms with Crippen LogP contribution in [0.3, 0.4) is 0 Å². The van der Waals surface area contributed by atoms with Crippen molar-refractivity contribution < 1.29 is 14.7 Å². The van der Waals surface area contributed by atoms with Gasteiger partial charge >= 0.3 is 0 Å². The van der Waals surface area contributed by atoms with Gasteiger partial charge in [0.2, 0.25) is 0 Å². The van der Waals surface area contributed by atoms with E-state index in [1.54, 1.807) is 11.8 Å². The normalized spacial score (nSPS) is 14.3. The van der Waals surface area contributed by atoms with E-state index in [9.17, 15) is 14.7 Å². The topological polar surface area (TPSA) is 54.4 Å². The van der Waals surface area contributed by atoms with Gasteiger partial charge in [-0.25, -0.2) is 0 Å². The smallest absolute Gasteiger partial charge is 0.132 e. The van der Waals surface area contributed by atoms with E-state index in [-0.39, 0.29) is 15.9 Å². The molecule has 0 aliphatic rings. The highest BCUT2D eigenvalue weighted by Crippen LogP contribution is 2.37. The van der Waals surface area contributed by atoms with Crippen molar-refractivity contribution in [3.63, 3.8) is 0 Å². The van der Waals surface area contributed by atoms with E-state index in [1.807, 2.05) is 26.0 Å². The first kappa shape index (κ1) is 20.1. The minimum absolute atomic E-state index is 0.0465. The van der Waals surface area contributed by atoms with Crippen molar-refractivity contribution in [3.05, 3.63) is 28.8 Å². The highest BCUT2D eigenvalue weighted by Gasteiger charge is 2.21. The summed E-state index contributed by atoms with van der Waals surface area (Å²) >= 11 is 3.09. The fraction of sp³-hybridized carbons (Fsp3) is 0.556. The van der Waals surface area contributed by atoms with Crippen LogP contribution in [0.5, 0.6) is 5.75 Å². The Kier molecular flexibility index (Phi) is 7.68. The lowest BCUT2D eigenvalue weighted by Gasteiger charge is -2.23. The van der Waals surface area contributed by atoms with Crippen LogP contribution in [0.25, 0.3) is 0 Å². The molecule has 2 unspecified atom stereocenters. The molecule has 0 aromatic heterocycles. The summed E-state index contributed by atoms with van der Waals surface area (Å²) in [5, 5.41) is 10.5. The molecule has 0 aliphatic carbocycles.